The predicted octanol–water partition coefficient (Wildman–Crippen LogP) is 3.95. The fraction of sp³-hybridized carbons (Fsp3) is 1.00. The van der Waals surface area contributed by atoms with E-state index in [1.807, 2.05) is 0 Å². The van der Waals surface area contributed by atoms with Crippen molar-refractivity contribution >= 4 is 27.0 Å². The van der Waals surface area contributed by atoms with Gasteiger partial charge in [0.05, 0.1) is 0 Å². The molecule has 0 aliphatic heterocycles. The van der Waals surface area contributed by atoms with Gasteiger partial charge in [0, 0.05) is 0 Å². The van der Waals surface area contributed by atoms with E-state index >= 15 is 0 Å². The molecular weight excluding hydrogens is 204 g/mol. The molecule has 0 amide bonds. The monoisotopic (exact) mass is 224 g/mol. The first kappa shape index (κ1) is 12.7. The molecule has 12 heavy (non-hydrogen) atoms. The fourth-order valence-corrected chi connectivity index (χ4v) is 10.3. The van der Waals surface area contributed by atoms with E-state index in [4.69, 9.17) is 15.2 Å². The second-order valence-corrected chi connectivity index (χ2v) is 14.5. The average molecular weight is 225 g/mol. The van der Waals surface area contributed by atoms with Crippen LogP contribution in [0.3, 0.4) is 0 Å². The topological polar surface area (TPSA) is 9.23 Å². The number of halogens is 1. The summed E-state index contributed by atoms with van der Waals surface area (Å²) in [4.78, 5) is 0. The van der Waals surface area contributed by atoms with Crippen molar-refractivity contribution in [3.8, 4) is 0 Å². The number of hydrogen-bond acceptors (Lipinski definition) is 1. The molecule has 0 fully saturated rings. The number of rotatable bonds is 5. The first-order valence-electron chi connectivity index (χ1n) is 4.78. The van der Waals surface area contributed by atoms with Crippen molar-refractivity contribution in [1.29, 1.82) is 0 Å². The molecule has 0 aliphatic rings. The Kier molecular flexibility index (Phi) is 5.06. The molecule has 0 bridgehead atoms. The van der Waals surface area contributed by atoms with Crippen LogP contribution < -0.4 is 0 Å². The van der Waals surface area contributed by atoms with Gasteiger partial charge in [-0.3, -0.25) is 0 Å². The summed E-state index contributed by atoms with van der Waals surface area (Å²) in [6.45, 7) is 10.8. The highest BCUT2D eigenvalue weighted by atomic mass is 35.6. The van der Waals surface area contributed by atoms with E-state index in [1.165, 1.54) is 18.1 Å². The average Bonchev–Trinajstić information content (AvgIpc) is 1.99. The molecule has 0 N–H and O–H groups in total. The summed E-state index contributed by atoms with van der Waals surface area (Å²) in [5.41, 5.74) is 0. The Hall–Kier alpha value is 0.684. The van der Waals surface area contributed by atoms with Crippen molar-refractivity contribution < 1.29 is 4.12 Å². The Morgan fingerprint density at radius 3 is 1.42 bits per heavy atom. The zero-order valence-electron chi connectivity index (χ0n) is 8.91. The molecule has 0 heterocycles. The van der Waals surface area contributed by atoms with Crippen LogP contribution in [0.5, 0.6) is 0 Å². The van der Waals surface area contributed by atoms with Gasteiger partial charge in [-0.2, -0.15) is 0 Å². The molecule has 0 radical (unpaired) electrons. The lowest BCUT2D eigenvalue weighted by Crippen LogP contribution is -2.44. The first-order valence-corrected chi connectivity index (χ1v) is 11.2. The lowest BCUT2D eigenvalue weighted by molar-refractivity contribution is 0.546. The third-order valence-corrected chi connectivity index (χ3v) is 10.6. The van der Waals surface area contributed by atoms with Crippen molar-refractivity contribution in [1.82, 2.24) is 0 Å². The molecule has 0 saturated carbocycles. The van der Waals surface area contributed by atoms with E-state index in [9.17, 15) is 0 Å². The molecular formula is C8H21ClOSi2. The lowest BCUT2D eigenvalue weighted by Gasteiger charge is -2.33. The van der Waals surface area contributed by atoms with E-state index in [0.29, 0.717) is 0 Å². The van der Waals surface area contributed by atoms with Gasteiger partial charge in [0.15, 0.2) is 8.32 Å². The molecule has 0 aromatic carbocycles. The Morgan fingerprint density at radius 1 is 1.00 bits per heavy atom. The van der Waals surface area contributed by atoms with Crippen LogP contribution in [0.1, 0.15) is 20.8 Å². The summed E-state index contributed by atoms with van der Waals surface area (Å²) in [6.07, 6.45) is 0. The summed E-state index contributed by atoms with van der Waals surface area (Å²) in [5, 5.41) is 0. The Labute approximate surface area is 83.4 Å². The molecule has 0 aromatic rings. The van der Waals surface area contributed by atoms with Crippen molar-refractivity contribution in [2.45, 2.75) is 52.0 Å². The highest BCUT2D eigenvalue weighted by Crippen LogP contribution is 2.27. The highest BCUT2D eigenvalue weighted by molar-refractivity contribution is 7.17. The second-order valence-electron chi connectivity index (χ2n) is 3.71. The minimum Gasteiger partial charge on any atom is -0.444 e. The molecule has 0 unspecified atom stereocenters. The molecule has 4 heteroatoms. The number of hydrogen-bond donors (Lipinski definition) is 0. The zero-order chi connectivity index (χ0) is 9.83. The second kappa shape index (κ2) is 4.79. The summed E-state index contributed by atoms with van der Waals surface area (Å²) in [6, 6.07) is 3.59. The van der Waals surface area contributed by atoms with E-state index in [1.54, 1.807) is 0 Å². The molecule has 1 nitrogen and oxygen atoms in total. The summed E-state index contributed by atoms with van der Waals surface area (Å²) in [5.74, 6) is 0. The van der Waals surface area contributed by atoms with Crippen LogP contribution in [0.15, 0.2) is 0 Å². The molecule has 0 rings (SSSR count). The van der Waals surface area contributed by atoms with E-state index in [-0.39, 0.29) is 0 Å². The van der Waals surface area contributed by atoms with Gasteiger partial charge in [-0.05, 0) is 31.2 Å². The van der Waals surface area contributed by atoms with Crippen LogP contribution in [0.2, 0.25) is 31.2 Å². The summed E-state index contributed by atoms with van der Waals surface area (Å²) < 4.78 is 6.12. The molecule has 0 saturated heterocycles. The van der Waals surface area contributed by atoms with Crippen molar-refractivity contribution in [2.75, 3.05) is 0 Å². The Bertz CT molecular complexity index is 121. The Morgan fingerprint density at radius 2 is 1.33 bits per heavy atom. The van der Waals surface area contributed by atoms with Crippen LogP contribution in [0.25, 0.3) is 0 Å². The van der Waals surface area contributed by atoms with Gasteiger partial charge in [-0.25, -0.2) is 0 Å². The van der Waals surface area contributed by atoms with Gasteiger partial charge < -0.3 is 4.12 Å². The molecule has 0 aliphatic carbocycles. The summed E-state index contributed by atoms with van der Waals surface area (Å²) in [7, 11) is -3.24. The van der Waals surface area contributed by atoms with E-state index in [0.717, 1.165) is 0 Å². The van der Waals surface area contributed by atoms with Gasteiger partial charge in [0.1, 0.15) is 0 Å². The largest absolute Gasteiger partial charge is 0.444 e. The predicted molar refractivity (Wildman–Crippen MR) is 61.6 cm³/mol. The molecule has 74 valence electrons. The maximum Gasteiger partial charge on any atom is 0.274 e. The minimum absolute atomic E-state index is 1.20. The van der Waals surface area contributed by atoms with Crippen LogP contribution in [0, 0.1) is 0 Å². The van der Waals surface area contributed by atoms with Gasteiger partial charge in [0.25, 0.3) is 7.63 Å². The van der Waals surface area contributed by atoms with Gasteiger partial charge >= 0.3 is 0 Å². The minimum atomic E-state index is -1.82. The lowest BCUT2D eigenvalue weighted by atomic mass is 10.9. The van der Waals surface area contributed by atoms with Gasteiger partial charge in [-0.15, -0.1) is 11.1 Å². The smallest absolute Gasteiger partial charge is 0.274 e. The highest BCUT2D eigenvalue weighted by Gasteiger charge is 2.35. The van der Waals surface area contributed by atoms with Crippen LogP contribution in [-0.2, 0) is 4.12 Å². The zero-order valence-corrected chi connectivity index (χ0v) is 11.7. The Balaban J connectivity index is 4.30. The van der Waals surface area contributed by atoms with Crippen LogP contribution >= 0.6 is 11.1 Å². The quantitative estimate of drug-likeness (QED) is 0.508. The fourth-order valence-electron chi connectivity index (χ4n) is 1.48. The van der Waals surface area contributed by atoms with Crippen molar-refractivity contribution in [3.05, 3.63) is 0 Å². The standard InChI is InChI=1S/C8H21ClOSi2/c1-6-12(7-2,8-3)10-11(4,5)9/h6-8H2,1-5H3. The third kappa shape index (κ3) is 4.07. The van der Waals surface area contributed by atoms with Crippen LogP contribution in [-0.4, -0.2) is 15.9 Å². The normalized spacial score (nSPS) is 13.5. The van der Waals surface area contributed by atoms with Crippen molar-refractivity contribution in [2.24, 2.45) is 0 Å². The maximum absolute atomic E-state index is 6.21. The maximum atomic E-state index is 6.21. The van der Waals surface area contributed by atoms with Crippen LogP contribution in [0.4, 0.5) is 0 Å². The third-order valence-electron chi connectivity index (χ3n) is 2.39. The summed E-state index contributed by atoms with van der Waals surface area (Å²) >= 11 is 6.21. The molecule has 0 atom stereocenters. The van der Waals surface area contributed by atoms with E-state index in [2.05, 4.69) is 33.9 Å². The van der Waals surface area contributed by atoms with Gasteiger partial charge in [0.2, 0.25) is 0 Å². The SMILES string of the molecule is CC[Si](CC)(CC)O[Si](C)(C)Cl. The van der Waals surface area contributed by atoms with Crippen molar-refractivity contribution in [3.63, 3.8) is 0 Å². The molecule has 0 spiro atoms. The van der Waals surface area contributed by atoms with Gasteiger partial charge in [-0.1, -0.05) is 20.8 Å². The van der Waals surface area contributed by atoms with E-state index < -0.39 is 15.9 Å². The molecule has 0 aromatic heterocycles. The first-order chi connectivity index (χ1) is 5.39.